The van der Waals surface area contributed by atoms with E-state index >= 15 is 0 Å². The van der Waals surface area contributed by atoms with E-state index in [9.17, 15) is 28.2 Å². The Morgan fingerprint density at radius 2 is 1.82 bits per heavy atom. The van der Waals surface area contributed by atoms with E-state index in [0.717, 1.165) is 6.07 Å². The number of phenolic OH excluding ortho intramolecular Hbond substituents is 1. The fourth-order valence-electron chi connectivity index (χ4n) is 2.88. The van der Waals surface area contributed by atoms with Gasteiger partial charge in [-0.15, -0.1) is 10.2 Å². The molecule has 0 aliphatic rings. The molecule has 0 aliphatic heterocycles. The second-order valence-corrected chi connectivity index (χ2v) is 7.24. The maximum absolute atomic E-state index is 11.6. The summed E-state index contributed by atoms with van der Waals surface area (Å²) in [4.78, 5) is 9.97. The highest BCUT2D eigenvalue weighted by Crippen LogP contribution is 2.41. The summed E-state index contributed by atoms with van der Waals surface area (Å²) in [5.74, 6) is -0.756. The first-order valence-corrected chi connectivity index (χ1v) is 9.58. The van der Waals surface area contributed by atoms with Crippen LogP contribution >= 0.6 is 0 Å². The molecule has 0 unspecified atom stereocenters. The lowest BCUT2D eigenvalue weighted by Gasteiger charge is -2.09. The van der Waals surface area contributed by atoms with Crippen LogP contribution in [-0.4, -0.2) is 23.0 Å². The molecule has 3 aromatic carbocycles. The molecule has 0 heterocycles. The van der Waals surface area contributed by atoms with Crippen LogP contribution in [0.25, 0.3) is 10.8 Å². The molecule has 0 aromatic heterocycles. The van der Waals surface area contributed by atoms with Crippen molar-refractivity contribution >= 4 is 38.0 Å². The predicted octanol–water partition coefficient (Wildman–Crippen LogP) is 4.68. The minimum Gasteiger partial charge on any atom is -0.504 e. The van der Waals surface area contributed by atoms with Gasteiger partial charge in [0.15, 0.2) is 5.75 Å². The lowest BCUT2D eigenvalue weighted by molar-refractivity contribution is -0.385. The summed E-state index contributed by atoms with van der Waals surface area (Å²) in [5.41, 5.74) is 0.294. The van der Waals surface area contributed by atoms with Crippen molar-refractivity contribution in [1.29, 1.82) is 0 Å². The number of nitrogens with zero attached hydrogens (tertiary/aromatic N) is 3. The van der Waals surface area contributed by atoms with Gasteiger partial charge in [0.2, 0.25) is 0 Å². The number of fused-ring (bicyclic) bond motifs is 1. The van der Waals surface area contributed by atoms with Crippen LogP contribution in [0.1, 0.15) is 12.5 Å². The Labute approximate surface area is 159 Å². The van der Waals surface area contributed by atoms with Crippen LogP contribution < -0.4 is 0 Å². The van der Waals surface area contributed by atoms with Crippen LogP contribution in [0.5, 0.6) is 5.75 Å². The first kappa shape index (κ1) is 19.4. The van der Waals surface area contributed by atoms with Crippen molar-refractivity contribution in [3.05, 3.63) is 64.2 Å². The highest BCUT2D eigenvalue weighted by Gasteiger charge is 2.22. The summed E-state index contributed by atoms with van der Waals surface area (Å²) in [5, 5.41) is 30.3. The summed E-state index contributed by atoms with van der Waals surface area (Å²) in [7, 11) is -4.70. The maximum Gasteiger partial charge on any atom is 0.298 e. The van der Waals surface area contributed by atoms with E-state index in [4.69, 9.17) is 0 Å². The number of phenols is 1. The summed E-state index contributed by atoms with van der Waals surface area (Å²) in [6, 6.07) is 12.0. The molecule has 3 aromatic rings. The van der Waals surface area contributed by atoms with E-state index in [1.54, 1.807) is 31.2 Å². The minimum atomic E-state index is -4.70. The smallest absolute Gasteiger partial charge is 0.298 e. The van der Waals surface area contributed by atoms with Crippen molar-refractivity contribution in [2.75, 3.05) is 0 Å². The molecule has 0 saturated heterocycles. The van der Waals surface area contributed by atoms with Gasteiger partial charge in [-0.3, -0.25) is 14.7 Å². The Hall–Kier alpha value is -3.37. The van der Waals surface area contributed by atoms with Gasteiger partial charge in [-0.2, -0.15) is 8.42 Å². The fourth-order valence-corrected chi connectivity index (χ4v) is 3.50. The van der Waals surface area contributed by atoms with Crippen LogP contribution in [0.2, 0.25) is 0 Å². The van der Waals surface area contributed by atoms with Gasteiger partial charge in [0.1, 0.15) is 10.6 Å². The number of hydrogen-bond donors (Lipinski definition) is 2. The molecular formula is C18H15N3O6S. The average Bonchev–Trinajstić information content (AvgIpc) is 2.65. The first-order valence-electron chi connectivity index (χ1n) is 8.14. The zero-order chi connectivity index (χ0) is 20.5. The quantitative estimate of drug-likeness (QED) is 0.275. The third-order valence-corrected chi connectivity index (χ3v) is 5.04. The number of nitro groups is 1. The zero-order valence-corrected chi connectivity index (χ0v) is 15.4. The van der Waals surface area contributed by atoms with Crippen molar-refractivity contribution in [2.45, 2.75) is 18.2 Å². The van der Waals surface area contributed by atoms with Crippen LogP contribution in [-0.2, 0) is 16.5 Å². The molecule has 144 valence electrons. The Bertz CT molecular complexity index is 1220. The fraction of sp³-hybridized carbons (Fsp3) is 0.111. The molecule has 0 amide bonds. The van der Waals surface area contributed by atoms with E-state index in [0.29, 0.717) is 22.8 Å². The van der Waals surface area contributed by atoms with Crippen LogP contribution in [0.15, 0.2) is 63.7 Å². The number of benzene rings is 3. The summed E-state index contributed by atoms with van der Waals surface area (Å²) in [6.45, 7) is 1.73. The number of aromatic hydroxyl groups is 1. The van der Waals surface area contributed by atoms with Gasteiger partial charge in [0.05, 0.1) is 16.2 Å². The van der Waals surface area contributed by atoms with Gasteiger partial charge in [-0.05, 0) is 23.9 Å². The highest BCUT2D eigenvalue weighted by atomic mass is 32.2. The van der Waals surface area contributed by atoms with Gasteiger partial charge >= 0.3 is 0 Å². The molecule has 28 heavy (non-hydrogen) atoms. The molecule has 10 heteroatoms. The molecule has 0 aliphatic carbocycles. The predicted molar refractivity (Wildman–Crippen MR) is 102 cm³/mol. The van der Waals surface area contributed by atoms with Crippen LogP contribution in [0, 0.1) is 10.1 Å². The molecular weight excluding hydrogens is 386 g/mol. The van der Waals surface area contributed by atoms with E-state index < -0.39 is 25.7 Å². The maximum atomic E-state index is 11.6. The monoisotopic (exact) mass is 401 g/mol. The summed E-state index contributed by atoms with van der Waals surface area (Å²) < 4.78 is 32.6. The second kappa shape index (κ2) is 7.33. The van der Waals surface area contributed by atoms with E-state index in [2.05, 4.69) is 10.2 Å². The van der Waals surface area contributed by atoms with Gasteiger partial charge < -0.3 is 5.11 Å². The van der Waals surface area contributed by atoms with E-state index in [-0.39, 0.29) is 17.1 Å². The lowest BCUT2D eigenvalue weighted by Crippen LogP contribution is -1.98. The third kappa shape index (κ3) is 3.55. The number of nitro benzene ring substituents is 1. The zero-order valence-electron chi connectivity index (χ0n) is 14.6. The average molecular weight is 401 g/mol. The highest BCUT2D eigenvalue weighted by molar-refractivity contribution is 7.86. The lowest BCUT2D eigenvalue weighted by atomic mass is 10.1. The molecule has 0 spiro atoms. The van der Waals surface area contributed by atoms with Crippen molar-refractivity contribution in [3.63, 3.8) is 0 Å². The molecule has 3 rings (SSSR count). The van der Waals surface area contributed by atoms with Crippen molar-refractivity contribution in [3.8, 4) is 5.75 Å². The van der Waals surface area contributed by atoms with E-state index in [1.807, 2.05) is 0 Å². The molecule has 0 bridgehead atoms. The summed E-state index contributed by atoms with van der Waals surface area (Å²) in [6.07, 6.45) is 0.323. The van der Waals surface area contributed by atoms with Crippen molar-refractivity contribution in [1.82, 2.24) is 0 Å². The molecule has 0 fully saturated rings. The van der Waals surface area contributed by atoms with Crippen LogP contribution in [0.4, 0.5) is 17.1 Å². The Balaban J connectivity index is 2.25. The molecule has 0 atom stereocenters. The van der Waals surface area contributed by atoms with E-state index in [1.165, 1.54) is 18.2 Å². The van der Waals surface area contributed by atoms with Crippen molar-refractivity contribution < 1.29 is 23.0 Å². The molecule has 9 nitrogen and oxygen atoms in total. The standard InChI is InChI=1S/C18H15N3O6S/c1-2-12-14(8-5-9-15(12)21(23)24)19-20-17-13-7-4-3-6-11(13)10-16(18(17)22)28(25,26)27/h3-10,22H,2H2,1H3,(H,25,26,27). The largest absolute Gasteiger partial charge is 0.504 e. The first-order chi connectivity index (χ1) is 13.2. The second-order valence-electron chi connectivity index (χ2n) is 5.85. The van der Waals surface area contributed by atoms with Gasteiger partial charge in [0.25, 0.3) is 15.8 Å². The minimum absolute atomic E-state index is 0.111. The van der Waals surface area contributed by atoms with Gasteiger partial charge in [-0.25, -0.2) is 0 Å². The van der Waals surface area contributed by atoms with Crippen LogP contribution in [0.3, 0.4) is 0 Å². The number of azo groups is 1. The summed E-state index contributed by atoms with van der Waals surface area (Å²) >= 11 is 0. The SMILES string of the molecule is CCc1c(N=Nc2c(O)c(S(=O)(=O)O)cc3ccccc23)cccc1[N+](=O)[O-]. The number of hydrogen-bond acceptors (Lipinski definition) is 7. The van der Waals surface area contributed by atoms with Crippen molar-refractivity contribution in [2.24, 2.45) is 10.2 Å². The third-order valence-electron chi connectivity index (χ3n) is 4.17. The normalized spacial score (nSPS) is 11.9. The molecule has 2 N–H and O–H groups in total. The Morgan fingerprint density at radius 1 is 1.11 bits per heavy atom. The topological polar surface area (TPSA) is 142 Å². The number of rotatable bonds is 5. The Morgan fingerprint density at radius 3 is 2.46 bits per heavy atom. The van der Waals surface area contributed by atoms with Gasteiger partial charge in [0, 0.05) is 11.5 Å². The molecule has 0 saturated carbocycles. The molecule has 0 radical (unpaired) electrons. The Kier molecular flexibility index (Phi) is 5.08. The van der Waals surface area contributed by atoms with Gasteiger partial charge in [-0.1, -0.05) is 37.3 Å².